The Kier molecular flexibility index (Phi) is 9.65. The third kappa shape index (κ3) is 6.99. The highest BCUT2D eigenvalue weighted by molar-refractivity contribution is 5.67. The van der Waals surface area contributed by atoms with E-state index in [4.69, 9.17) is 9.47 Å². The lowest BCUT2D eigenvalue weighted by atomic mass is 9.93. The first-order valence-corrected chi connectivity index (χ1v) is 13.7. The number of ether oxygens (including phenoxy) is 2. The summed E-state index contributed by atoms with van der Waals surface area (Å²) in [6.07, 6.45) is -2.10. The van der Waals surface area contributed by atoms with Crippen molar-refractivity contribution in [3.8, 4) is 16.9 Å². The van der Waals surface area contributed by atoms with Crippen molar-refractivity contribution < 1.29 is 31.4 Å². The van der Waals surface area contributed by atoms with Crippen molar-refractivity contribution in [2.24, 2.45) is 5.92 Å². The van der Waals surface area contributed by atoms with Crippen LogP contribution >= 0.6 is 0 Å². The average molecular weight is 547 g/mol. The lowest BCUT2D eigenvalue weighted by Gasteiger charge is -2.34. The van der Waals surface area contributed by atoms with Gasteiger partial charge in [0, 0.05) is 5.56 Å². The molecule has 0 bridgehead atoms. The van der Waals surface area contributed by atoms with Crippen LogP contribution in [-0.4, -0.2) is 12.7 Å². The largest absolute Gasteiger partial charge is 0.432 e. The first-order chi connectivity index (χ1) is 18.7. The molecule has 7 heteroatoms. The lowest BCUT2D eigenvalue weighted by molar-refractivity contribution is -0.242. The van der Waals surface area contributed by atoms with Crippen molar-refractivity contribution in [1.29, 1.82) is 0 Å². The van der Waals surface area contributed by atoms with Crippen molar-refractivity contribution in [2.75, 3.05) is 6.61 Å². The van der Waals surface area contributed by atoms with Crippen LogP contribution in [-0.2, 0) is 17.6 Å². The van der Waals surface area contributed by atoms with E-state index in [-0.39, 0.29) is 24.7 Å². The zero-order chi connectivity index (χ0) is 28.0. The van der Waals surface area contributed by atoms with Crippen LogP contribution in [0.2, 0.25) is 0 Å². The molecule has 0 radical (unpaired) electrons. The SMILES string of the molecule is CCCCc1ccc(C2CCC(C(F)(F)Oc3ccc(-c4ccc(CCC)cc4)c(F)c3C(F)F)CO2)cc1. The maximum atomic E-state index is 15.2. The van der Waals surface area contributed by atoms with Crippen molar-refractivity contribution in [3.63, 3.8) is 0 Å². The van der Waals surface area contributed by atoms with Gasteiger partial charge >= 0.3 is 6.11 Å². The Hall–Kier alpha value is -2.93. The normalized spacial score (nSPS) is 17.9. The van der Waals surface area contributed by atoms with E-state index in [0.29, 0.717) is 12.0 Å². The summed E-state index contributed by atoms with van der Waals surface area (Å²) in [5.41, 5.74) is 2.30. The van der Waals surface area contributed by atoms with Crippen LogP contribution in [0.4, 0.5) is 22.0 Å². The smallest absolute Gasteiger partial charge is 0.402 e. The van der Waals surface area contributed by atoms with E-state index in [0.717, 1.165) is 49.3 Å². The van der Waals surface area contributed by atoms with Crippen LogP contribution in [0.1, 0.15) is 80.7 Å². The maximum absolute atomic E-state index is 15.2. The predicted molar refractivity (Wildman–Crippen MR) is 143 cm³/mol. The Balaban J connectivity index is 1.45. The molecule has 2 atom stereocenters. The van der Waals surface area contributed by atoms with E-state index in [1.807, 2.05) is 31.2 Å². The minimum Gasteiger partial charge on any atom is -0.432 e. The van der Waals surface area contributed by atoms with E-state index in [9.17, 15) is 8.78 Å². The molecule has 1 fully saturated rings. The fourth-order valence-electron chi connectivity index (χ4n) is 5.02. The van der Waals surface area contributed by atoms with Gasteiger partial charge in [0.2, 0.25) is 0 Å². The molecule has 1 aliphatic heterocycles. The summed E-state index contributed by atoms with van der Waals surface area (Å²) in [6, 6.07) is 17.1. The topological polar surface area (TPSA) is 18.5 Å². The third-order valence-corrected chi connectivity index (χ3v) is 7.33. The Morgan fingerprint density at radius 2 is 1.54 bits per heavy atom. The molecule has 1 aliphatic rings. The summed E-state index contributed by atoms with van der Waals surface area (Å²) in [4.78, 5) is 0. The molecule has 1 heterocycles. The molecule has 210 valence electrons. The zero-order valence-corrected chi connectivity index (χ0v) is 22.4. The predicted octanol–water partition coefficient (Wildman–Crippen LogP) is 9.86. The first-order valence-electron chi connectivity index (χ1n) is 13.7. The van der Waals surface area contributed by atoms with Gasteiger partial charge in [-0.2, -0.15) is 8.78 Å². The van der Waals surface area contributed by atoms with Gasteiger partial charge in [0.1, 0.15) is 11.6 Å². The summed E-state index contributed by atoms with van der Waals surface area (Å²) in [6.45, 7) is 3.86. The highest BCUT2D eigenvalue weighted by Crippen LogP contribution is 2.43. The highest BCUT2D eigenvalue weighted by atomic mass is 19.3. The number of hydrogen-bond donors (Lipinski definition) is 0. The molecule has 0 aromatic heterocycles. The highest BCUT2D eigenvalue weighted by Gasteiger charge is 2.46. The average Bonchev–Trinajstić information content (AvgIpc) is 2.93. The van der Waals surface area contributed by atoms with E-state index in [1.54, 1.807) is 24.3 Å². The molecule has 2 nitrogen and oxygen atoms in total. The Labute approximate surface area is 227 Å². The standard InChI is InChI=1S/C32H35F5O2/c1-3-5-7-22-10-14-24(15-11-22)27-18-16-25(20-38-27)32(36,37)39-28-19-17-26(30(33)29(28)31(34)35)23-12-8-21(6-4-2)9-13-23/h8-15,17,19,25,27,31H,3-7,16,18,20H2,1-2H3. The summed E-state index contributed by atoms with van der Waals surface area (Å²) < 4.78 is 83.9. The number of alkyl halides is 4. The molecule has 0 amide bonds. The monoisotopic (exact) mass is 546 g/mol. The molecule has 4 rings (SSSR count). The van der Waals surface area contributed by atoms with Gasteiger partial charge in [-0.1, -0.05) is 75.2 Å². The quantitative estimate of drug-likeness (QED) is 0.223. The fraction of sp³-hybridized carbons (Fsp3) is 0.438. The van der Waals surface area contributed by atoms with Crippen LogP contribution < -0.4 is 4.74 Å². The summed E-state index contributed by atoms with van der Waals surface area (Å²) in [5, 5.41) is 0. The molecule has 39 heavy (non-hydrogen) atoms. The van der Waals surface area contributed by atoms with Crippen molar-refractivity contribution in [3.05, 3.63) is 88.7 Å². The minimum atomic E-state index is -3.81. The van der Waals surface area contributed by atoms with Gasteiger partial charge in [0.25, 0.3) is 6.43 Å². The van der Waals surface area contributed by atoms with Crippen molar-refractivity contribution >= 4 is 0 Å². The summed E-state index contributed by atoms with van der Waals surface area (Å²) in [5.74, 6) is -3.47. The first kappa shape index (κ1) is 29.1. The molecule has 3 aromatic rings. The Bertz CT molecular complexity index is 1200. The molecular formula is C32H35F5O2. The van der Waals surface area contributed by atoms with Gasteiger partial charge in [0.15, 0.2) is 0 Å². The molecule has 3 aromatic carbocycles. The van der Waals surface area contributed by atoms with Crippen LogP contribution in [0.15, 0.2) is 60.7 Å². The Morgan fingerprint density at radius 3 is 2.13 bits per heavy atom. The second-order valence-corrected chi connectivity index (χ2v) is 10.2. The molecule has 0 spiro atoms. The van der Waals surface area contributed by atoms with Gasteiger partial charge in [-0.3, -0.25) is 0 Å². The number of benzene rings is 3. The summed E-state index contributed by atoms with van der Waals surface area (Å²) in [7, 11) is 0. The van der Waals surface area contributed by atoms with Crippen molar-refractivity contribution in [1.82, 2.24) is 0 Å². The van der Waals surface area contributed by atoms with E-state index in [2.05, 4.69) is 6.92 Å². The van der Waals surface area contributed by atoms with Gasteiger partial charge in [-0.25, -0.2) is 13.2 Å². The van der Waals surface area contributed by atoms with Crippen LogP contribution in [0.3, 0.4) is 0 Å². The number of unbranched alkanes of at least 4 members (excludes halogenated alkanes) is 1. The number of rotatable bonds is 11. The number of aryl methyl sites for hydroxylation is 2. The van der Waals surface area contributed by atoms with E-state index >= 15 is 13.2 Å². The van der Waals surface area contributed by atoms with Crippen LogP contribution in [0, 0.1) is 11.7 Å². The van der Waals surface area contributed by atoms with Gasteiger partial charge in [-0.05, 0) is 66.5 Å². The lowest BCUT2D eigenvalue weighted by Crippen LogP contribution is -2.40. The van der Waals surface area contributed by atoms with Gasteiger partial charge < -0.3 is 9.47 Å². The van der Waals surface area contributed by atoms with Gasteiger partial charge in [0.05, 0.1) is 24.2 Å². The molecule has 0 saturated carbocycles. The fourth-order valence-corrected chi connectivity index (χ4v) is 5.02. The molecule has 1 saturated heterocycles. The number of hydrogen-bond acceptors (Lipinski definition) is 2. The third-order valence-electron chi connectivity index (χ3n) is 7.33. The summed E-state index contributed by atoms with van der Waals surface area (Å²) >= 11 is 0. The number of halogens is 5. The molecule has 2 unspecified atom stereocenters. The van der Waals surface area contributed by atoms with E-state index in [1.165, 1.54) is 11.6 Å². The second-order valence-electron chi connectivity index (χ2n) is 10.2. The maximum Gasteiger partial charge on any atom is 0.402 e. The zero-order valence-electron chi connectivity index (χ0n) is 22.4. The molecule has 0 aliphatic carbocycles. The van der Waals surface area contributed by atoms with Gasteiger partial charge in [-0.15, -0.1) is 0 Å². The minimum absolute atomic E-state index is 0.0734. The molecule has 0 N–H and O–H groups in total. The second kappa shape index (κ2) is 12.9. The van der Waals surface area contributed by atoms with E-state index < -0.39 is 35.6 Å². The molecular weight excluding hydrogens is 511 g/mol. The van der Waals surface area contributed by atoms with Crippen LogP contribution in [0.25, 0.3) is 11.1 Å². The van der Waals surface area contributed by atoms with Crippen molar-refractivity contribution in [2.45, 2.75) is 77.4 Å². The van der Waals surface area contributed by atoms with Crippen LogP contribution in [0.5, 0.6) is 5.75 Å². The Morgan fingerprint density at radius 1 is 0.872 bits per heavy atom.